The third kappa shape index (κ3) is 5.55. The molecule has 0 atom stereocenters. The number of nitrogens with zero attached hydrogens (tertiary/aromatic N) is 2. The molecule has 62 valence electrons. The summed E-state index contributed by atoms with van der Waals surface area (Å²) in [5, 5.41) is 0. The van der Waals surface area contributed by atoms with Gasteiger partial charge in [-0.2, -0.15) is 0 Å². The van der Waals surface area contributed by atoms with E-state index in [-0.39, 0.29) is 0 Å². The molecule has 0 saturated heterocycles. The van der Waals surface area contributed by atoms with E-state index in [1.807, 2.05) is 20.2 Å². The van der Waals surface area contributed by atoms with Crippen molar-refractivity contribution in [3.63, 3.8) is 0 Å². The van der Waals surface area contributed by atoms with Gasteiger partial charge in [0.05, 0.1) is 0 Å². The van der Waals surface area contributed by atoms with Gasteiger partial charge in [-0.3, -0.25) is 4.99 Å². The van der Waals surface area contributed by atoms with Crippen LogP contribution in [-0.4, -0.2) is 32.3 Å². The highest BCUT2D eigenvalue weighted by atomic mass is 15.0. The highest BCUT2D eigenvalue weighted by Crippen LogP contribution is 2.02. The molecule has 0 aliphatic heterocycles. The maximum atomic E-state index is 3.86. The van der Waals surface area contributed by atoms with Crippen LogP contribution in [0.4, 0.5) is 0 Å². The number of aliphatic imine (C=N–C) groups is 1. The van der Waals surface area contributed by atoms with Gasteiger partial charge in [-0.1, -0.05) is 12.7 Å². The maximum Gasteiger partial charge on any atom is 0.0408 e. The molecule has 0 aliphatic carbocycles. The smallest absolute Gasteiger partial charge is 0.0408 e. The fourth-order valence-corrected chi connectivity index (χ4v) is 0.689. The lowest BCUT2D eigenvalue weighted by Gasteiger charge is -2.08. The van der Waals surface area contributed by atoms with E-state index in [0.29, 0.717) is 0 Å². The van der Waals surface area contributed by atoms with Gasteiger partial charge in [0, 0.05) is 18.7 Å². The first-order valence-corrected chi connectivity index (χ1v) is 3.63. The lowest BCUT2D eigenvalue weighted by Crippen LogP contribution is -2.13. The summed E-state index contributed by atoms with van der Waals surface area (Å²) in [4.78, 5) is 5.98. The SMILES string of the molecule is C=C/C=C(/CCN(C)C)N=C. The Hall–Kier alpha value is -0.890. The maximum absolute atomic E-state index is 3.86. The van der Waals surface area contributed by atoms with Crippen molar-refractivity contribution in [2.24, 2.45) is 4.99 Å². The molecule has 0 rings (SSSR count). The third-order valence-electron chi connectivity index (χ3n) is 1.33. The van der Waals surface area contributed by atoms with Crippen LogP contribution in [0.1, 0.15) is 6.42 Å². The molecule has 0 fully saturated rings. The fraction of sp³-hybridized carbons (Fsp3) is 0.444. The van der Waals surface area contributed by atoms with Gasteiger partial charge >= 0.3 is 0 Å². The van der Waals surface area contributed by atoms with Gasteiger partial charge < -0.3 is 4.90 Å². The third-order valence-corrected chi connectivity index (χ3v) is 1.33. The second kappa shape index (κ2) is 5.86. The van der Waals surface area contributed by atoms with E-state index >= 15 is 0 Å². The molecule has 0 bridgehead atoms. The van der Waals surface area contributed by atoms with Crippen molar-refractivity contribution in [1.82, 2.24) is 4.90 Å². The summed E-state index contributed by atoms with van der Waals surface area (Å²) in [6.07, 6.45) is 4.55. The van der Waals surface area contributed by atoms with Gasteiger partial charge in [0.15, 0.2) is 0 Å². The molecule has 2 heteroatoms. The zero-order chi connectivity index (χ0) is 8.69. The molecule has 0 spiro atoms. The van der Waals surface area contributed by atoms with Gasteiger partial charge in [0.1, 0.15) is 0 Å². The average Bonchev–Trinajstić information content (AvgIpc) is 1.97. The number of allylic oxidation sites excluding steroid dienone is 2. The van der Waals surface area contributed by atoms with Gasteiger partial charge in [-0.25, -0.2) is 0 Å². The van der Waals surface area contributed by atoms with Crippen LogP contribution in [0.25, 0.3) is 0 Å². The molecule has 0 saturated carbocycles. The zero-order valence-electron chi connectivity index (χ0n) is 7.38. The first kappa shape index (κ1) is 10.1. The molecular formula is C9H16N2. The molecule has 11 heavy (non-hydrogen) atoms. The van der Waals surface area contributed by atoms with Crippen LogP contribution < -0.4 is 0 Å². The monoisotopic (exact) mass is 152 g/mol. The average molecular weight is 152 g/mol. The van der Waals surface area contributed by atoms with Crippen molar-refractivity contribution in [3.05, 3.63) is 24.4 Å². The highest BCUT2D eigenvalue weighted by molar-refractivity contribution is 5.30. The lowest BCUT2D eigenvalue weighted by molar-refractivity contribution is 0.412. The first-order valence-electron chi connectivity index (χ1n) is 3.63. The van der Waals surface area contributed by atoms with E-state index < -0.39 is 0 Å². The lowest BCUT2D eigenvalue weighted by atomic mass is 10.3. The van der Waals surface area contributed by atoms with E-state index in [4.69, 9.17) is 0 Å². The van der Waals surface area contributed by atoms with Gasteiger partial charge in [-0.05, 0) is 26.9 Å². The van der Waals surface area contributed by atoms with Crippen molar-refractivity contribution in [2.45, 2.75) is 6.42 Å². The molecule has 0 aromatic heterocycles. The van der Waals surface area contributed by atoms with Crippen molar-refractivity contribution >= 4 is 6.72 Å². The van der Waals surface area contributed by atoms with E-state index in [2.05, 4.69) is 23.2 Å². The fourth-order valence-electron chi connectivity index (χ4n) is 0.689. The van der Waals surface area contributed by atoms with E-state index in [9.17, 15) is 0 Å². The largest absolute Gasteiger partial charge is 0.309 e. The minimum absolute atomic E-state index is 0.933. The van der Waals surface area contributed by atoms with Crippen molar-refractivity contribution in [2.75, 3.05) is 20.6 Å². The number of hydrogen-bond donors (Lipinski definition) is 0. The Bertz CT molecular complexity index is 157. The van der Waals surface area contributed by atoms with Crippen LogP contribution in [-0.2, 0) is 0 Å². The minimum Gasteiger partial charge on any atom is -0.309 e. The number of hydrogen-bond acceptors (Lipinski definition) is 2. The summed E-state index contributed by atoms with van der Waals surface area (Å²) in [5.74, 6) is 0. The topological polar surface area (TPSA) is 15.6 Å². The van der Waals surface area contributed by atoms with Crippen molar-refractivity contribution < 1.29 is 0 Å². The summed E-state index contributed by atoms with van der Waals surface area (Å²) in [5.41, 5.74) is 0.994. The molecule has 0 unspecified atom stereocenters. The molecule has 0 aromatic rings. The van der Waals surface area contributed by atoms with Gasteiger partial charge in [0.2, 0.25) is 0 Å². The second-order valence-electron chi connectivity index (χ2n) is 2.61. The summed E-state index contributed by atoms with van der Waals surface area (Å²) >= 11 is 0. The van der Waals surface area contributed by atoms with Crippen molar-refractivity contribution in [3.8, 4) is 0 Å². The summed E-state index contributed by atoms with van der Waals surface area (Å²) < 4.78 is 0. The Labute approximate surface area is 68.9 Å². The molecule has 0 aromatic carbocycles. The van der Waals surface area contributed by atoms with E-state index in [1.54, 1.807) is 6.08 Å². The van der Waals surface area contributed by atoms with E-state index in [0.717, 1.165) is 18.7 Å². The van der Waals surface area contributed by atoms with E-state index in [1.165, 1.54) is 0 Å². The van der Waals surface area contributed by atoms with Crippen LogP contribution >= 0.6 is 0 Å². The first-order chi connectivity index (χ1) is 5.20. The summed E-state index contributed by atoms with van der Waals surface area (Å²) in [6.45, 7) is 8.07. The summed E-state index contributed by atoms with van der Waals surface area (Å²) in [7, 11) is 4.07. The Morgan fingerprint density at radius 1 is 1.55 bits per heavy atom. The zero-order valence-corrected chi connectivity index (χ0v) is 7.38. The highest BCUT2D eigenvalue weighted by Gasteiger charge is 1.93. The molecule has 0 N–H and O–H groups in total. The summed E-state index contributed by atoms with van der Waals surface area (Å²) in [6, 6.07) is 0. The molecule has 0 heterocycles. The van der Waals surface area contributed by atoms with Crippen LogP contribution in [0.2, 0.25) is 0 Å². The molecule has 0 radical (unpaired) electrons. The van der Waals surface area contributed by atoms with Crippen molar-refractivity contribution in [1.29, 1.82) is 0 Å². The quantitative estimate of drug-likeness (QED) is 0.432. The minimum atomic E-state index is 0.933. The Morgan fingerprint density at radius 3 is 2.55 bits per heavy atom. The molecule has 2 nitrogen and oxygen atoms in total. The van der Waals surface area contributed by atoms with Crippen LogP contribution in [0.5, 0.6) is 0 Å². The molecule has 0 amide bonds. The molecular weight excluding hydrogens is 136 g/mol. The van der Waals surface area contributed by atoms with Crippen LogP contribution in [0, 0.1) is 0 Å². The normalized spacial score (nSPS) is 11.7. The Balaban J connectivity index is 3.79. The predicted octanol–water partition coefficient (Wildman–Crippen LogP) is 1.71. The Kier molecular flexibility index (Phi) is 5.39. The van der Waals surface area contributed by atoms with Crippen LogP contribution in [0.15, 0.2) is 29.4 Å². The van der Waals surface area contributed by atoms with Gasteiger partial charge in [0.25, 0.3) is 0 Å². The van der Waals surface area contributed by atoms with Gasteiger partial charge in [-0.15, -0.1) is 0 Å². The second-order valence-corrected chi connectivity index (χ2v) is 2.61. The molecule has 0 aliphatic rings. The Morgan fingerprint density at radius 2 is 2.18 bits per heavy atom. The predicted molar refractivity (Wildman–Crippen MR) is 51.0 cm³/mol. The standard InChI is InChI=1S/C9H16N2/c1-5-6-9(10-2)7-8-11(3)4/h5-6H,1-2,7-8H2,3-4H3/b9-6-. The number of rotatable bonds is 5. The van der Waals surface area contributed by atoms with Crippen LogP contribution in [0.3, 0.4) is 0 Å².